The highest BCUT2D eigenvalue weighted by molar-refractivity contribution is 6.24. The smallest absolute Gasteiger partial charge is 0.0735 e. The van der Waals surface area contributed by atoms with E-state index in [-0.39, 0.29) is 0 Å². The summed E-state index contributed by atoms with van der Waals surface area (Å²) in [6.07, 6.45) is 0. The maximum atomic E-state index is 4.92. The maximum Gasteiger partial charge on any atom is 0.0735 e. The number of fused-ring (bicyclic) bond motifs is 3. The summed E-state index contributed by atoms with van der Waals surface area (Å²) in [6.45, 7) is 2.83. The third kappa shape index (κ3) is 2.15. The summed E-state index contributed by atoms with van der Waals surface area (Å²) < 4.78 is 0. The molecular weight excluding hydrogens is 266 g/mol. The topological polar surface area (TPSA) is 12.4 Å². The van der Waals surface area contributed by atoms with Gasteiger partial charge in [-0.05, 0) is 23.6 Å². The highest BCUT2D eigenvalue weighted by Gasteiger charge is 2.23. The van der Waals surface area contributed by atoms with Gasteiger partial charge < -0.3 is 0 Å². The van der Waals surface area contributed by atoms with Crippen molar-refractivity contribution in [3.8, 4) is 11.1 Å². The number of aryl methyl sites for hydroxylation is 1. The normalized spacial score (nSPS) is 12.0. The molecule has 0 unspecified atom stereocenters. The molecule has 0 saturated heterocycles. The predicted molar refractivity (Wildman–Crippen MR) is 92.4 cm³/mol. The SMILES string of the molecule is Cc1ccc(CN=C2c3ccccc3-c3ccccc32)cc1. The van der Waals surface area contributed by atoms with Crippen molar-refractivity contribution in [2.75, 3.05) is 0 Å². The van der Waals surface area contributed by atoms with Gasteiger partial charge in [0.15, 0.2) is 0 Å². The first-order valence-corrected chi connectivity index (χ1v) is 7.62. The fourth-order valence-electron chi connectivity index (χ4n) is 3.03. The first kappa shape index (κ1) is 13.0. The lowest BCUT2D eigenvalue weighted by Gasteiger charge is -2.03. The zero-order valence-corrected chi connectivity index (χ0v) is 12.6. The van der Waals surface area contributed by atoms with Gasteiger partial charge in [0.1, 0.15) is 0 Å². The van der Waals surface area contributed by atoms with Crippen molar-refractivity contribution in [2.45, 2.75) is 13.5 Å². The van der Waals surface area contributed by atoms with E-state index in [4.69, 9.17) is 4.99 Å². The van der Waals surface area contributed by atoms with Crippen molar-refractivity contribution in [3.05, 3.63) is 95.1 Å². The molecule has 1 aliphatic carbocycles. The van der Waals surface area contributed by atoms with Crippen molar-refractivity contribution in [3.63, 3.8) is 0 Å². The van der Waals surface area contributed by atoms with Crippen LogP contribution in [0.15, 0.2) is 77.8 Å². The third-order valence-corrected chi connectivity index (χ3v) is 4.19. The van der Waals surface area contributed by atoms with E-state index in [1.165, 1.54) is 33.4 Å². The van der Waals surface area contributed by atoms with Crippen LogP contribution in [0.3, 0.4) is 0 Å². The molecule has 0 saturated carbocycles. The first-order chi connectivity index (χ1) is 10.8. The summed E-state index contributed by atoms with van der Waals surface area (Å²) in [4.78, 5) is 4.92. The number of benzene rings is 3. The molecule has 0 bridgehead atoms. The Balaban J connectivity index is 1.78. The van der Waals surface area contributed by atoms with E-state index in [0.29, 0.717) is 0 Å². The van der Waals surface area contributed by atoms with Crippen molar-refractivity contribution < 1.29 is 0 Å². The van der Waals surface area contributed by atoms with Crippen LogP contribution in [-0.4, -0.2) is 5.71 Å². The fourth-order valence-corrected chi connectivity index (χ4v) is 3.03. The van der Waals surface area contributed by atoms with Crippen molar-refractivity contribution in [2.24, 2.45) is 4.99 Å². The quantitative estimate of drug-likeness (QED) is 0.490. The molecule has 106 valence electrons. The molecule has 0 aromatic heterocycles. The summed E-state index contributed by atoms with van der Waals surface area (Å²) in [6, 6.07) is 25.7. The first-order valence-electron chi connectivity index (χ1n) is 7.62. The molecule has 0 radical (unpaired) electrons. The molecule has 3 aromatic carbocycles. The molecule has 1 heteroatoms. The van der Waals surface area contributed by atoms with Gasteiger partial charge in [0.2, 0.25) is 0 Å². The molecule has 0 fully saturated rings. The molecule has 0 atom stereocenters. The van der Waals surface area contributed by atoms with Crippen LogP contribution < -0.4 is 0 Å². The minimum atomic E-state index is 0.721. The van der Waals surface area contributed by atoms with Gasteiger partial charge in [-0.2, -0.15) is 0 Å². The molecule has 0 heterocycles. The Morgan fingerprint density at radius 1 is 0.636 bits per heavy atom. The Kier molecular flexibility index (Phi) is 3.12. The van der Waals surface area contributed by atoms with E-state index in [9.17, 15) is 0 Å². The molecule has 0 N–H and O–H groups in total. The van der Waals surface area contributed by atoms with Gasteiger partial charge in [0.25, 0.3) is 0 Å². The van der Waals surface area contributed by atoms with E-state index < -0.39 is 0 Å². The van der Waals surface area contributed by atoms with Crippen molar-refractivity contribution in [1.29, 1.82) is 0 Å². The lowest BCUT2D eigenvalue weighted by molar-refractivity contribution is 1.07. The second-order valence-electron chi connectivity index (χ2n) is 5.74. The third-order valence-electron chi connectivity index (χ3n) is 4.19. The predicted octanol–water partition coefficient (Wildman–Crippen LogP) is 5.01. The van der Waals surface area contributed by atoms with Gasteiger partial charge in [-0.25, -0.2) is 0 Å². The number of rotatable bonds is 2. The molecule has 1 nitrogen and oxygen atoms in total. The summed E-state index contributed by atoms with van der Waals surface area (Å²) >= 11 is 0. The van der Waals surface area contributed by atoms with Crippen LogP contribution in [0.25, 0.3) is 11.1 Å². The Morgan fingerprint density at radius 3 is 1.68 bits per heavy atom. The van der Waals surface area contributed by atoms with E-state index in [1.54, 1.807) is 0 Å². The lowest BCUT2D eigenvalue weighted by atomic mass is 10.1. The largest absolute Gasteiger partial charge is 0.279 e. The van der Waals surface area contributed by atoms with Gasteiger partial charge in [0, 0.05) is 11.1 Å². The summed E-state index contributed by atoms with van der Waals surface area (Å²) in [5, 5.41) is 0. The average molecular weight is 283 g/mol. The fraction of sp³-hybridized carbons (Fsp3) is 0.0952. The van der Waals surface area contributed by atoms with E-state index in [1.807, 2.05) is 0 Å². The molecule has 3 aromatic rings. The molecule has 0 spiro atoms. The van der Waals surface area contributed by atoms with Crippen LogP contribution >= 0.6 is 0 Å². The van der Waals surface area contributed by atoms with Gasteiger partial charge in [-0.15, -0.1) is 0 Å². The van der Waals surface area contributed by atoms with Crippen LogP contribution in [0, 0.1) is 6.92 Å². The van der Waals surface area contributed by atoms with Gasteiger partial charge in [0.05, 0.1) is 12.3 Å². The second-order valence-corrected chi connectivity index (χ2v) is 5.74. The number of aliphatic imine (C=N–C) groups is 1. The van der Waals surface area contributed by atoms with Crippen LogP contribution in [0.5, 0.6) is 0 Å². The summed E-state index contributed by atoms with van der Waals surface area (Å²) in [5.74, 6) is 0. The number of nitrogens with zero attached hydrogens (tertiary/aromatic N) is 1. The van der Waals surface area contributed by atoms with Gasteiger partial charge in [-0.1, -0.05) is 78.4 Å². The number of hydrogen-bond acceptors (Lipinski definition) is 1. The minimum absolute atomic E-state index is 0.721. The lowest BCUT2D eigenvalue weighted by Crippen LogP contribution is -1.99. The molecule has 4 rings (SSSR count). The van der Waals surface area contributed by atoms with Crippen LogP contribution in [-0.2, 0) is 6.54 Å². The highest BCUT2D eigenvalue weighted by Crippen LogP contribution is 2.36. The molecule has 0 amide bonds. The highest BCUT2D eigenvalue weighted by atomic mass is 14.7. The Hall–Kier alpha value is -2.67. The van der Waals surface area contributed by atoms with E-state index in [2.05, 4.69) is 79.7 Å². The monoisotopic (exact) mass is 283 g/mol. The molecule has 1 aliphatic rings. The zero-order chi connectivity index (χ0) is 14.9. The second kappa shape index (κ2) is 5.27. The van der Waals surface area contributed by atoms with Crippen molar-refractivity contribution in [1.82, 2.24) is 0 Å². The Morgan fingerprint density at radius 2 is 1.14 bits per heavy atom. The Labute approximate surface area is 131 Å². The van der Waals surface area contributed by atoms with E-state index >= 15 is 0 Å². The van der Waals surface area contributed by atoms with Gasteiger partial charge in [-0.3, -0.25) is 4.99 Å². The van der Waals surface area contributed by atoms with Crippen LogP contribution in [0.2, 0.25) is 0 Å². The zero-order valence-electron chi connectivity index (χ0n) is 12.6. The summed E-state index contributed by atoms with van der Waals surface area (Å²) in [7, 11) is 0. The van der Waals surface area contributed by atoms with Crippen LogP contribution in [0.4, 0.5) is 0 Å². The molecular formula is C21H17N. The Bertz CT molecular complexity index is 810. The van der Waals surface area contributed by atoms with Crippen LogP contribution in [0.1, 0.15) is 22.3 Å². The molecule has 0 aliphatic heterocycles. The summed E-state index contributed by atoms with van der Waals surface area (Å²) in [5.41, 5.74) is 8.73. The number of hydrogen-bond donors (Lipinski definition) is 0. The average Bonchev–Trinajstić information content (AvgIpc) is 2.89. The van der Waals surface area contributed by atoms with Crippen molar-refractivity contribution >= 4 is 5.71 Å². The van der Waals surface area contributed by atoms with E-state index in [0.717, 1.165) is 12.3 Å². The minimum Gasteiger partial charge on any atom is -0.279 e. The standard InChI is InChI=1S/C21H17N/c1-15-10-12-16(13-11-15)14-22-21-19-8-4-2-6-17(19)18-7-3-5-9-20(18)21/h2-13H,14H2,1H3. The maximum absolute atomic E-state index is 4.92. The molecule has 22 heavy (non-hydrogen) atoms. The van der Waals surface area contributed by atoms with Gasteiger partial charge >= 0.3 is 0 Å².